The maximum atomic E-state index is 6.19. The molecule has 31 heavy (non-hydrogen) atoms. The minimum Gasteiger partial charge on any atom is -0.465 e. The van der Waals surface area contributed by atoms with Gasteiger partial charge in [0.05, 0.1) is 25.8 Å². The van der Waals surface area contributed by atoms with Gasteiger partial charge in [0.2, 0.25) is 0 Å². The first-order valence-electron chi connectivity index (χ1n) is 10.5. The summed E-state index contributed by atoms with van der Waals surface area (Å²) in [6.45, 7) is 5.54. The number of furan rings is 1. The Bertz CT molecular complexity index is 997. The minimum absolute atomic E-state index is 0.0192. The van der Waals surface area contributed by atoms with Gasteiger partial charge in [-0.05, 0) is 43.3 Å². The molecule has 1 aliphatic rings. The molecule has 4 rings (SSSR count). The van der Waals surface area contributed by atoms with Crippen LogP contribution in [0.5, 0.6) is 11.5 Å². The summed E-state index contributed by atoms with van der Waals surface area (Å²) in [4.78, 5) is 6.92. The largest absolute Gasteiger partial charge is 0.465 e. The zero-order valence-electron chi connectivity index (χ0n) is 17.7. The van der Waals surface area contributed by atoms with Gasteiger partial charge in [0.25, 0.3) is 0 Å². The third-order valence-corrected chi connectivity index (χ3v) is 5.10. The molecular weight excluding hydrogens is 392 g/mol. The lowest BCUT2D eigenvalue weighted by Crippen LogP contribution is -2.40. The molecule has 162 valence electrons. The molecule has 1 unspecified atom stereocenters. The molecule has 7 heteroatoms. The average molecular weight is 421 g/mol. The number of guanidine groups is 1. The predicted molar refractivity (Wildman–Crippen MR) is 122 cm³/mol. The number of nitrogens with zero attached hydrogens (tertiary/aromatic N) is 2. The van der Waals surface area contributed by atoms with E-state index < -0.39 is 0 Å². The SMILES string of the molecule is Cc1ccc(C(CN=C(N)Nc2cccc(Oc3ccccc3)c2)N2CCOCC2)o1. The van der Waals surface area contributed by atoms with Gasteiger partial charge < -0.3 is 24.9 Å². The van der Waals surface area contributed by atoms with E-state index in [9.17, 15) is 0 Å². The molecule has 1 atom stereocenters. The number of hydrogen-bond donors (Lipinski definition) is 2. The van der Waals surface area contributed by atoms with Crippen LogP contribution in [0.15, 0.2) is 76.1 Å². The number of hydrogen-bond acceptors (Lipinski definition) is 5. The number of benzene rings is 2. The van der Waals surface area contributed by atoms with Crippen LogP contribution < -0.4 is 15.8 Å². The van der Waals surface area contributed by atoms with E-state index in [0.29, 0.717) is 25.7 Å². The van der Waals surface area contributed by atoms with Crippen molar-refractivity contribution >= 4 is 11.6 Å². The quantitative estimate of drug-likeness (QED) is 0.441. The van der Waals surface area contributed by atoms with Crippen LogP contribution in [-0.4, -0.2) is 43.7 Å². The fraction of sp³-hybridized carbons (Fsp3) is 0.292. The highest BCUT2D eigenvalue weighted by Gasteiger charge is 2.25. The van der Waals surface area contributed by atoms with E-state index in [0.717, 1.165) is 41.8 Å². The van der Waals surface area contributed by atoms with Crippen molar-refractivity contribution in [2.45, 2.75) is 13.0 Å². The topological polar surface area (TPSA) is 85.2 Å². The Kier molecular flexibility index (Phi) is 6.86. The summed E-state index contributed by atoms with van der Waals surface area (Å²) in [5.41, 5.74) is 7.01. The molecule has 1 fully saturated rings. The highest BCUT2D eigenvalue weighted by Crippen LogP contribution is 2.25. The molecule has 0 spiro atoms. The molecule has 0 radical (unpaired) electrons. The zero-order valence-corrected chi connectivity index (χ0v) is 17.7. The highest BCUT2D eigenvalue weighted by atomic mass is 16.5. The number of aliphatic imine (C=N–C) groups is 1. The molecule has 3 N–H and O–H groups in total. The summed E-state index contributed by atoms with van der Waals surface area (Å²) in [7, 11) is 0. The summed E-state index contributed by atoms with van der Waals surface area (Å²) in [6.07, 6.45) is 0. The minimum atomic E-state index is 0.0192. The summed E-state index contributed by atoms with van der Waals surface area (Å²) < 4.78 is 17.3. The van der Waals surface area contributed by atoms with Crippen molar-refractivity contribution in [2.75, 3.05) is 38.2 Å². The number of nitrogens with one attached hydrogen (secondary N) is 1. The van der Waals surface area contributed by atoms with Crippen molar-refractivity contribution in [1.29, 1.82) is 0 Å². The molecule has 1 aliphatic heterocycles. The number of nitrogens with two attached hydrogens (primary N) is 1. The molecule has 0 saturated carbocycles. The number of rotatable bonds is 7. The highest BCUT2D eigenvalue weighted by molar-refractivity contribution is 5.92. The van der Waals surface area contributed by atoms with E-state index in [1.165, 1.54) is 0 Å². The van der Waals surface area contributed by atoms with Crippen molar-refractivity contribution in [2.24, 2.45) is 10.7 Å². The molecule has 0 amide bonds. The standard InChI is InChI=1S/C24H28N4O3/c1-18-10-11-23(30-18)22(28-12-14-29-15-13-28)17-26-24(25)27-19-6-5-9-21(16-19)31-20-7-3-2-4-8-20/h2-11,16,22H,12-15,17H2,1H3,(H3,25,26,27). The summed E-state index contributed by atoms with van der Waals surface area (Å²) in [6, 6.07) is 21.3. The zero-order chi connectivity index (χ0) is 21.5. The second kappa shape index (κ2) is 10.1. The fourth-order valence-corrected chi connectivity index (χ4v) is 3.54. The lowest BCUT2D eigenvalue weighted by atomic mass is 10.1. The van der Waals surface area contributed by atoms with Crippen LogP contribution in [0.25, 0.3) is 0 Å². The summed E-state index contributed by atoms with van der Waals surface area (Å²) in [5, 5.41) is 3.16. The summed E-state index contributed by atoms with van der Waals surface area (Å²) >= 11 is 0. The monoisotopic (exact) mass is 420 g/mol. The van der Waals surface area contributed by atoms with Crippen molar-refractivity contribution in [3.63, 3.8) is 0 Å². The van der Waals surface area contributed by atoms with Gasteiger partial charge >= 0.3 is 0 Å². The van der Waals surface area contributed by atoms with Gasteiger partial charge in [-0.3, -0.25) is 9.89 Å². The predicted octanol–water partition coefficient (Wildman–Crippen LogP) is 4.18. The molecule has 1 saturated heterocycles. The van der Waals surface area contributed by atoms with Crippen LogP contribution >= 0.6 is 0 Å². The smallest absolute Gasteiger partial charge is 0.193 e. The van der Waals surface area contributed by atoms with Gasteiger partial charge in [0, 0.05) is 24.8 Å². The second-order valence-corrected chi connectivity index (χ2v) is 7.41. The number of morpholine rings is 1. The molecule has 2 aromatic carbocycles. The molecule has 2 heterocycles. The van der Waals surface area contributed by atoms with Crippen molar-refractivity contribution in [3.8, 4) is 11.5 Å². The Hall–Kier alpha value is -3.29. The van der Waals surface area contributed by atoms with E-state index in [-0.39, 0.29) is 6.04 Å². The molecule has 0 bridgehead atoms. The molecule has 0 aliphatic carbocycles. The Morgan fingerprint density at radius 1 is 1.06 bits per heavy atom. The molecule has 3 aromatic rings. The van der Waals surface area contributed by atoms with Crippen LogP contribution in [0, 0.1) is 6.92 Å². The van der Waals surface area contributed by atoms with Gasteiger partial charge in [-0.25, -0.2) is 0 Å². The number of ether oxygens (including phenoxy) is 2. The maximum absolute atomic E-state index is 6.19. The first-order chi connectivity index (χ1) is 15.2. The fourth-order valence-electron chi connectivity index (χ4n) is 3.54. The molecule has 1 aromatic heterocycles. The molecule has 7 nitrogen and oxygen atoms in total. The Morgan fingerprint density at radius 3 is 2.58 bits per heavy atom. The van der Waals surface area contributed by atoms with Crippen molar-refractivity contribution < 1.29 is 13.9 Å². The maximum Gasteiger partial charge on any atom is 0.193 e. The normalized spacial score (nSPS) is 16.1. The first-order valence-corrected chi connectivity index (χ1v) is 10.5. The third-order valence-electron chi connectivity index (χ3n) is 5.10. The van der Waals surface area contributed by atoms with E-state index in [1.807, 2.05) is 73.7 Å². The average Bonchev–Trinajstić information content (AvgIpc) is 3.21. The third kappa shape index (κ3) is 5.87. The van der Waals surface area contributed by atoms with Crippen LogP contribution in [-0.2, 0) is 4.74 Å². The lowest BCUT2D eigenvalue weighted by Gasteiger charge is -2.32. The van der Waals surface area contributed by atoms with E-state index in [4.69, 9.17) is 19.6 Å². The Morgan fingerprint density at radius 2 is 1.84 bits per heavy atom. The van der Waals surface area contributed by atoms with Crippen LogP contribution in [0.4, 0.5) is 5.69 Å². The van der Waals surface area contributed by atoms with Gasteiger partial charge in [-0.15, -0.1) is 0 Å². The Labute approximate surface area is 182 Å². The summed E-state index contributed by atoms with van der Waals surface area (Å²) in [5.74, 6) is 3.64. The number of aryl methyl sites for hydroxylation is 1. The number of anilines is 1. The number of para-hydroxylation sites is 1. The lowest BCUT2D eigenvalue weighted by molar-refractivity contribution is 0.0135. The van der Waals surface area contributed by atoms with E-state index in [2.05, 4.69) is 15.2 Å². The van der Waals surface area contributed by atoms with Crippen molar-refractivity contribution in [3.05, 3.63) is 78.3 Å². The molecular formula is C24H28N4O3. The van der Waals surface area contributed by atoms with Crippen LogP contribution in [0.3, 0.4) is 0 Å². The second-order valence-electron chi connectivity index (χ2n) is 7.41. The first kappa shape index (κ1) is 21.0. The van der Waals surface area contributed by atoms with E-state index >= 15 is 0 Å². The van der Waals surface area contributed by atoms with E-state index in [1.54, 1.807) is 0 Å². The Balaban J connectivity index is 1.42. The van der Waals surface area contributed by atoms with Gasteiger partial charge in [0.15, 0.2) is 5.96 Å². The van der Waals surface area contributed by atoms with Gasteiger partial charge in [-0.1, -0.05) is 24.3 Å². The van der Waals surface area contributed by atoms with Gasteiger partial charge in [-0.2, -0.15) is 0 Å². The van der Waals surface area contributed by atoms with Gasteiger partial charge in [0.1, 0.15) is 23.0 Å². The van der Waals surface area contributed by atoms with Crippen LogP contribution in [0.1, 0.15) is 17.6 Å². The van der Waals surface area contributed by atoms with Crippen LogP contribution in [0.2, 0.25) is 0 Å². The van der Waals surface area contributed by atoms with Crippen molar-refractivity contribution in [1.82, 2.24) is 4.90 Å².